The molecule has 0 saturated carbocycles. The van der Waals surface area contributed by atoms with Gasteiger partial charge in [0.25, 0.3) is 0 Å². The fraction of sp³-hybridized carbons (Fsp3) is 0.500. The Morgan fingerprint density at radius 2 is 2.08 bits per heavy atom. The van der Waals surface area contributed by atoms with Crippen LogP contribution >= 0.6 is 46.6 Å². The Hall–Kier alpha value is 0.430. The van der Waals surface area contributed by atoms with Crippen LogP contribution in [0, 0.1) is 0 Å². The van der Waals surface area contributed by atoms with Crippen LogP contribution in [0.1, 0.15) is 6.92 Å². The van der Waals surface area contributed by atoms with Gasteiger partial charge in [0.05, 0.1) is 5.88 Å². The topological polar surface area (TPSA) is 17.8 Å². The van der Waals surface area contributed by atoms with Crippen LogP contribution in [0.2, 0.25) is 15.6 Å². The van der Waals surface area contributed by atoms with Crippen molar-refractivity contribution < 1.29 is 0 Å². The van der Waals surface area contributed by atoms with Crippen LogP contribution in [0.15, 0.2) is 0 Å². The van der Waals surface area contributed by atoms with E-state index in [2.05, 4.69) is 11.9 Å². The second-order valence-corrected chi connectivity index (χ2v) is 4.31. The molecule has 0 fully saturated rings. The van der Waals surface area contributed by atoms with E-state index in [4.69, 9.17) is 34.8 Å². The van der Waals surface area contributed by atoms with Crippen molar-refractivity contribution in [2.45, 2.75) is 12.8 Å². The smallest absolute Gasteiger partial charge is 0.206 e. The molecule has 0 bridgehead atoms. The van der Waals surface area contributed by atoms with Crippen LogP contribution in [0.3, 0.4) is 0 Å². The van der Waals surface area contributed by atoms with Crippen LogP contribution in [0.5, 0.6) is 0 Å². The fourth-order valence-electron chi connectivity index (χ4n) is 0.672. The summed E-state index contributed by atoms with van der Waals surface area (Å²) in [5.74, 6) is 1.69. The van der Waals surface area contributed by atoms with Crippen molar-refractivity contribution in [3.8, 4) is 0 Å². The molecular formula is C6H7Cl3N2S. The molecule has 1 heterocycles. The van der Waals surface area contributed by atoms with E-state index >= 15 is 0 Å². The van der Waals surface area contributed by atoms with Crippen molar-refractivity contribution in [2.75, 3.05) is 5.75 Å². The number of nitrogens with zero attached hydrogens (tertiary/aromatic N) is 2. The second-order valence-electron chi connectivity index (χ2n) is 2.01. The number of halogens is 3. The van der Waals surface area contributed by atoms with Crippen molar-refractivity contribution >= 4 is 46.6 Å². The van der Waals surface area contributed by atoms with Crippen LogP contribution in [-0.2, 0) is 5.88 Å². The van der Waals surface area contributed by atoms with Crippen LogP contribution < -0.4 is 0 Å². The van der Waals surface area contributed by atoms with Gasteiger partial charge in [-0.1, -0.05) is 30.1 Å². The summed E-state index contributed by atoms with van der Waals surface area (Å²) in [5, 5.41) is 1.01. The zero-order chi connectivity index (χ0) is 9.14. The molecule has 0 aromatic carbocycles. The van der Waals surface area contributed by atoms with Gasteiger partial charge in [-0.15, -0.1) is 11.8 Å². The molecule has 0 aliphatic rings. The SMILES string of the molecule is CCSCn1c(Cl)nc(Cl)c1Cl. The maximum atomic E-state index is 5.82. The molecule has 0 radical (unpaired) electrons. The lowest BCUT2D eigenvalue weighted by molar-refractivity contribution is 0.891. The van der Waals surface area contributed by atoms with Crippen molar-refractivity contribution in [1.29, 1.82) is 0 Å². The molecule has 12 heavy (non-hydrogen) atoms. The van der Waals surface area contributed by atoms with Gasteiger partial charge in [0.2, 0.25) is 5.28 Å². The summed E-state index contributed by atoms with van der Waals surface area (Å²) in [7, 11) is 0. The number of thioether (sulfide) groups is 1. The molecule has 0 N–H and O–H groups in total. The quantitative estimate of drug-likeness (QED) is 0.810. The third-order valence-corrected chi connectivity index (χ3v) is 3.13. The summed E-state index contributed by atoms with van der Waals surface area (Å²) in [6.45, 7) is 2.06. The normalized spacial score (nSPS) is 10.7. The molecule has 0 spiro atoms. The maximum absolute atomic E-state index is 5.82. The van der Waals surface area contributed by atoms with Crippen molar-refractivity contribution in [3.63, 3.8) is 0 Å². The van der Waals surface area contributed by atoms with Crippen molar-refractivity contribution in [3.05, 3.63) is 15.6 Å². The van der Waals surface area contributed by atoms with E-state index in [1.807, 2.05) is 0 Å². The Labute approximate surface area is 90.2 Å². The summed E-state index contributed by atoms with van der Waals surface area (Å²) in [6, 6.07) is 0. The van der Waals surface area contributed by atoms with Gasteiger partial charge in [0, 0.05) is 0 Å². The average molecular weight is 246 g/mol. The Bertz CT molecular complexity index is 274. The Morgan fingerprint density at radius 3 is 2.50 bits per heavy atom. The molecule has 1 aromatic rings. The van der Waals surface area contributed by atoms with E-state index in [0.29, 0.717) is 16.3 Å². The van der Waals surface area contributed by atoms with Gasteiger partial charge in [-0.25, -0.2) is 4.98 Å². The molecule has 0 aliphatic carbocycles. The molecular weight excluding hydrogens is 239 g/mol. The van der Waals surface area contributed by atoms with Crippen LogP contribution in [0.25, 0.3) is 0 Å². The molecule has 2 nitrogen and oxygen atoms in total. The van der Waals surface area contributed by atoms with E-state index in [-0.39, 0.29) is 5.15 Å². The van der Waals surface area contributed by atoms with Gasteiger partial charge in [0.1, 0.15) is 5.15 Å². The first-order chi connectivity index (χ1) is 5.66. The van der Waals surface area contributed by atoms with Crippen LogP contribution in [0.4, 0.5) is 0 Å². The summed E-state index contributed by atoms with van der Waals surface area (Å²) in [5.41, 5.74) is 0. The summed E-state index contributed by atoms with van der Waals surface area (Å²) < 4.78 is 1.67. The monoisotopic (exact) mass is 244 g/mol. The standard InChI is InChI=1S/C6H7Cl3N2S/c1-2-12-3-11-5(8)4(7)10-6(11)9/h2-3H2,1H3. The summed E-state index contributed by atoms with van der Waals surface area (Å²) in [6.07, 6.45) is 0. The average Bonchev–Trinajstić information content (AvgIpc) is 2.25. The molecule has 0 atom stereocenters. The minimum Gasteiger partial charge on any atom is -0.295 e. The van der Waals surface area contributed by atoms with Gasteiger partial charge < -0.3 is 0 Å². The third kappa shape index (κ3) is 2.22. The van der Waals surface area contributed by atoms with Gasteiger partial charge >= 0.3 is 0 Å². The minimum absolute atomic E-state index is 0.262. The number of aromatic nitrogens is 2. The highest BCUT2D eigenvalue weighted by atomic mass is 35.5. The molecule has 0 aliphatic heterocycles. The molecule has 0 amide bonds. The number of hydrogen-bond donors (Lipinski definition) is 0. The highest BCUT2D eigenvalue weighted by Crippen LogP contribution is 2.27. The number of hydrogen-bond acceptors (Lipinski definition) is 2. The zero-order valence-electron chi connectivity index (χ0n) is 6.35. The van der Waals surface area contributed by atoms with Gasteiger partial charge in [0.15, 0.2) is 5.15 Å². The predicted molar refractivity (Wildman–Crippen MR) is 55.4 cm³/mol. The first-order valence-electron chi connectivity index (χ1n) is 3.31. The van der Waals surface area contributed by atoms with E-state index < -0.39 is 0 Å². The Kier molecular flexibility index (Phi) is 4.03. The summed E-state index contributed by atoms with van der Waals surface area (Å²) in [4.78, 5) is 3.81. The van der Waals surface area contributed by atoms with Gasteiger partial charge in [-0.2, -0.15) is 0 Å². The van der Waals surface area contributed by atoms with E-state index in [0.717, 1.165) is 5.75 Å². The molecule has 6 heteroatoms. The highest BCUT2D eigenvalue weighted by molar-refractivity contribution is 7.98. The molecule has 1 rings (SSSR count). The minimum atomic E-state index is 0.262. The highest BCUT2D eigenvalue weighted by Gasteiger charge is 2.11. The number of imidazole rings is 1. The lowest BCUT2D eigenvalue weighted by atomic mass is 10.9. The third-order valence-electron chi connectivity index (χ3n) is 1.24. The Morgan fingerprint density at radius 1 is 1.42 bits per heavy atom. The second kappa shape index (κ2) is 4.61. The molecule has 0 unspecified atom stereocenters. The largest absolute Gasteiger partial charge is 0.295 e. The van der Waals surface area contributed by atoms with Crippen molar-refractivity contribution in [2.24, 2.45) is 0 Å². The predicted octanol–water partition coefficient (Wildman–Crippen LogP) is 3.55. The maximum Gasteiger partial charge on any atom is 0.206 e. The van der Waals surface area contributed by atoms with E-state index in [1.165, 1.54) is 0 Å². The molecule has 68 valence electrons. The molecule has 1 aromatic heterocycles. The first-order valence-corrected chi connectivity index (χ1v) is 5.60. The lowest BCUT2D eigenvalue weighted by Crippen LogP contribution is -1.94. The fourth-order valence-corrected chi connectivity index (χ4v) is 2.11. The van der Waals surface area contributed by atoms with E-state index in [9.17, 15) is 0 Å². The van der Waals surface area contributed by atoms with Gasteiger partial charge in [-0.3, -0.25) is 4.57 Å². The Balaban J connectivity index is 2.82. The van der Waals surface area contributed by atoms with Gasteiger partial charge in [-0.05, 0) is 17.4 Å². The lowest BCUT2D eigenvalue weighted by Gasteiger charge is -2.02. The van der Waals surface area contributed by atoms with Crippen LogP contribution in [-0.4, -0.2) is 15.3 Å². The summed E-state index contributed by atoms with van der Waals surface area (Å²) >= 11 is 18.9. The zero-order valence-corrected chi connectivity index (χ0v) is 9.44. The molecule has 0 saturated heterocycles. The van der Waals surface area contributed by atoms with E-state index in [1.54, 1.807) is 16.3 Å². The van der Waals surface area contributed by atoms with Crippen molar-refractivity contribution in [1.82, 2.24) is 9.55 Å². The first kappa shape index (κ1) is 10.5. The number of rotatable bonds is 3.